The van der Waals surface area contributed by atoms with E-state index >= 15 is 0 Å². The van der Waals surface area contributed by atoms with E-state index in [-0.39, 0.29) is 5.56 Å². The molecule has 5 heteroatoms. The van der Waals surface area contributed by atoms with Crippen LogP contribution >= 0.6 is 0 Å². The Morgan fingerprint density at radius 2 is 1.57 bits per heavy atom. The molecule has 5 aromatic rings. The van der Waals surface area contributed by atoms with Crippen molar-refractivity contribution in [1.29, 1.82) is 0 Å². The predicted octanol–water partition coefficient (Wildman–Crippen LogP) is 4.43. The Balaban J connectivity index is 1.68. The molecule has 2 heterocycles. The molecule has 0 amide bonds. The minimum Gasteiger partial charge on any atom is -0.354 e. The Hall–Kier alpha value is -3.99. The average molecular weight is 364 g/mol. The fourth-order valence-electron chi connectivity index (χ4n) is 3.39. The Labute approximate surface area is 160 Å². The zero-order valence-electron chi connectivity index (χ0n) is 14.9. The molecule has 0 radical (unpaired) electrons. The van der Waals surface area contributed by atoms with Crippen LogP contribution in [-0.4, -0.2) is 20.9 Å². The van der Waals surface area contributed by atoms with Gasteiger partial charge in [-0.1, -0.05) is 60.7 Å². The quantitative estimate of drug-likeness (QED) is 0.482. The number of rotatable bonds is 3. The van der Waals surface area contributed by atoms with E-state index < -0.39 is 0 Å². The van der Waals surface area contributed by atoms with Crippen LogP contribution in [0.3, 0.4) is 0 Å². The van der Waals surface area contributed by atoms with Gasteiger partial charge in [0.15, 0.2) is 0 Å². The molecule has 0 unspecified atom stereocenters. The standard InChI is InChI=1S/C23H16N4O/c28-23-18-11-5-6-12-20(18)24-15-27(23)25-14-19-17-10-4-7-13-21(17)26-22(19)16-8-2-1-3-9-16/h1-15,26H/b25-14+. The van der Waals surface area contributed by atoms with Crippen LogP contribution in [0.1, 0.15) is 5.56 Å². The van der Waals surface area contributed by atoms with Gasteiger partial charge in [-0.15, -0.1) is 0 Å². The van der Waals surface area contributed by atoms with Gasteiger partial charge in [0, 0.05) is 16.5 Å². The molecule has 0 aliphatic rings. The van der Waals surface area contributed by atoms with E-state index in [2.05, 4.69) is 15.1 Å². The Morgan fingerprint density at radius 1 is 0.857 bits per heavy atom. The summed E-state index contributed by atoms with van der Waals surface area (Å²) in [6.45, 7) is 0. The molecule has 0 fully saturated rings. The minimum absolute atomic E-state index is 0.192. The molecule has 134 valence electrons. The highest BCUT2D eigenvalue weighted by atomic mass is 16.1. The normalized spacial score (nSPS) is 11.6. The van der Waals surface area contributed by atoms with Gasteiger partial charge in [-0.3, -0.25) is 4.79 Å². The van der Waals surface area contributed by atoms with Gasteiger partial charge in [-0.2, -0.15) is 9.78 Å². The molecule has 0 saturated carbocycles. The van der Waals surface area contributed by atoms with E-state index in [4.69, 9.17) is 0 Å². The summed E-state index contributed by atoms with van der Waals surface area (Å²) >= 11 is 0. The molecule has 0 saturated heterocycles. The topological polar surface area (TPSA) is 63.0 Å². The Morgan fingerprint density at radius 3 is 2.43 bits per heavy atom. The lowest BCUT2D eigenvalue weighted by molar-refractivity contribution is 0.817. The summed E-state index contributed by atoms with van der Waals surface area (Å²) in [6.07, 6.45) is 3.18. The van der Waals surface area contributed by atoms with Crippen molar-refractivity contribution < 1.29 is 0 Å². The summed E-state index contributed by atoms with van der Waals surface area (Å²) < 4.78 is 1.28. The summed E-state index contributed by atoms with van der Waals surface area (Å²) in [6, 6.07) is 25.4. The number of aromatic amines is 1. The SMILES string of the molecule is O=c1c2ccccc2ncn1/N=C/c1c(-c2ccccc2)[nH]c2ccccc12. The van der Waals surface area contributed by atoms with Crippen molar-refractivity contribution in [2.24, 2.45) is 5.10 Å². The lowest BCUT2D eigenvalue weighted by atomic mass is 10.1. The number of hydrogen-bond donors (Lipinski definition) is 1. The van der Waals surface area contributed by atoms with Crippen molar-refractivity contribution in [3.63, 3.8) is 0 Å². The number of fused-ring (bicyclic) bond motifs is 2. The first-order chi connectivity index (χ1) is 13.8. The van der Waals surface area contributed by atoms with E-state index in [9.17, 15) is 4.79 Å². The van der Waals surface area contributed by atoms with Crippen molar-refractivity contribution in [3.8, 4) is 11.3 Å². The van der Waals surface area contributed by atoms with E-state index in [1.54, 1.807) is 12.3 Å². The zero-order valence-corrected chi connectivity index (χ0v) is 14.9. The van der Waals surface area contributed by atoms with Crippen LogP contribution in [0.2, 0.25) is 0 Å². The van der Waals surface area contributed by atoms with Crippen LogP contribution in [0.5, 0.6) is 0 Å². The molecule has 2 aromatic heterocycles. The van der Waals surface area contributed by atoms with Gasteiger partial charge in [-0.05, 0) is 23.8 Å². The second-order valence-corrected chi connectivity index (χ2v) is 6.48. The highest BCUT2D eigenvalue weighted by Crippen LogP contribution is 2.28. The summed E-state index contributed by atoms with van der Waals surface area (Å²) in [5.41, 5.74) is 4.45. The number of para-hydroxylation sites is 2. The molecule has 0 bridgehead atoms. The van der Waals surface area contributed by atoms with E-state index in [1.165, 1.54) is 11.0 Å². The molecule has 0 aliphatic heterocycles. The average Bonchev–Trinajstić information content (AvgIpc) is 3.13. The minimum atomic E-state index is -0.192. The van der Waals surface area contributed by atoms with Gasteiger partial charge in [0.05, 0.1) is 22.8 Å². The molecular weight excluding hydrogens is 348 g/mol. The van der Waals surface area contributed by atoms with Crippen molar-refractivity contribution in [2.45, 2.75) is 0 Å². The lowest BCUT2D eigenvalue weighted by Gasteiger charge is -2.02. The van der Waals surface area contributed by atoms with Gasteiger partial charge in [0.1, 0.15) is 6.33 Å². The first kappa shape index (κ1) is 16.2. The third-order valence-corrected chi connectivity index (χ3v) is 4.77. The Bertz CT molecular complexity index is 1380. The smallest absolute Gasteiger partial charge is 0.281 e. The largest absolute Gasteiger partial charge is 0.354 e. The van der Waals surface area contributed by atoms with Crippen LogP contribution in [-0.2, 0) is 0 Å². The summed E-state index contributed by atoms with van der Waals surface area (Å²) in [5, 5.41) is 6.03. The summed E-state index contributed by atoms with van der Waals surface area (Å²) in [5.74, 6) is 0. The highest BCUT2D eigenvalue weighted by molar-refractivity contribution is 6.05. The maximum atomic E-state index is 12.7. The van der Waals surface area contributed by atoms with Crippen molar-refractivity contribution in [1.82, 2.24) is 14.6 Å². The first-order valence-corrected chi connectivity index (χ1v) is 8.98. The maximum Gasteiger partial charge on any atom is 0.281 e. The van der Waals surface area contributed by atoms with Crippen molar-refractivity contribution in [3.05, 3.63) is 101 Å². The lowest BCUT2D eigenvalue weighted by Crippen LogP contribution is -2.17. The number of aromatic nitrogens is 3. The van der Waals surface area contributed by atoms with Crippen LogP contribution in [0.4, 0.5) is 0 Å². The highest BCUT2D eigenvalue weighted by Gasteiger charge is 2.11. The van der Waals surface area contributed by atoms with Gasteiger partial charge in [0.25, 0.3) is 5.56 Å². The molecule has 28 heavy (non-hydrogen) atoms. The number of benzene rings is 3. The first-order valence-electron chi connectivity index (χ1n) is 8.98. The van der Waals surface area contributed by atoms with E-state index in [0.29, 0.717) is 10.9 Å². The van der Waals surface area contributed by atoms with Crippen molar-refractivity contribution >= 4 is 28.0 Å². The van der Waals surface area contributed by atoms with Crippen LogP contribution in [0, 0.1) is 0 Å². The molecular formula is C23H16N4O. The molecule has 5 rings (SSSR count). The molecule has 0 aliphatic carbocycles. The van der Waals surface area contributed by atoms with Gasteiger partial charge >= 0.3 is 0 Å². The molecule has 3 aromatic carbocycles. The molecule has 1 N–H and O–H groups in total. The number of nitrogens with zero attached hydrogens (tertiary/aromatic N) is 3. The number of nitrogens with one attached hydrogen (secondary N) is 1. The number of H-pyrrole nitrogens is 1. The van der Waals surface area contributed by atoms with Crippen molar-refractivity contribution in [2.75, 3.05) is 0 Å². The van der Waals surface area contributed by atoms with Gasteiger partial charge < -0.3 is 4.98 Å². The van der Waals surface area contributed by atoms with E-state index in [0.717, 1.165) is 27.7 Å². The Kier molecular flexibility index (Phi) is 3.84. The third-order valence-electron chi connectivity index (χ3n) is 4.77. The number of hydrogen-bond acceptors (Lipinski definition) is 3. The second kappa shape index (κ2) is 6.63. The molecule has 0 spiro atoms. The van der Waals surface area contributed by atoms with Gasteiger partial charge in [-0.25, -0.2) is 4.98 Å². The summed E-state index contributed by atoms with van der Waals surface area (Å²) in [4.78, 5) is 20.5. The summed E-state index contributed by atoms with van der Waals surface area (Å²) in [7, 11) is 0. The third kappa shape index (κ3) is 2.70. The van der Waals surface area contributed by atoms with Crippen LogP contribution < -0.4 is 5.56 Å². The monoisotopic (exact) mass is 364 g/mol. The fraction of sp³-hybridized carbons (Fsp3) is 0. The molecule has 0 atom stereocenters. The second-order valence-electron chi connectivity index (χ2n) is 6.48. The predicted molar refractivity (Wildman–Crippen MR) is 113 cm³/mol. The molecule has 5 nitrogen and oxygen atoms in total. The van der Waals surface area contributed by atoms with Crippen LogP contribution in [0.25, 0.3) is 33.1 Å². The van der Waals surface area contributed by atoms with Crippen LogP contribution in [0.15, 0.2) is 95.1 Å². The van der Waals surface area contributed by atoms with E-state index in [1.807, 2.05) is 72.8 Å². The zero-order chi connectivity index (χ0) is 18.9. The van der Waals surface area contributed by atoms with Gasteiger partial charge in [0.2, 0.25) is 0 Å². The maximum absolute atomic E-state index is 12.7. The fourth-order valence-corrected chi connectivity index (χ4v) is 3.39.